The van der Waals surface area contributed by atoms with E-state index in [1.54, 1.807) is 18.2 Å². The number of urea groups is 1. The van der Waals surface area contributed by atoms with E-state index >= 15 is 0 Å². The molecule has 0 radical (unpaired) electrons. The van der Waals surface area contributed by atoms with E-state index in [1.165, 1.54) is 26.0 Å². The smallest absolute Gasteiger partial charge is 0.321 e. The average Bonchev–Trinajstić information content (AvgIpc) is 2.38. The lowest BCUT2D eigenvalue weighted by molar-refractivity contribution is -0.141. The standard InChI is InChI=1S/C13H17ClN2O4/c1-8(12(17)18)7-16(2)13(19)15-10-6-9(14)4-5-11(10)20-3/h4-6,8H,7H2,1-3H3,(H,15,19)(H,17,18). The lowest BCUT2D eigenvalue weighted by atomic mass is 10.2. The fourth-order valence-corrected chi connectivity index (χ4v) is 1.73. The van der Waals surface area contributed by atoms with Crippen molar-refractivity contribution in [1.29, 1.82) is 0 Å². The van der Waals surface area contributed by atoms with Crippen LogP contribution in [-0.4, -0.2) is 42.7 Å². The molecule has 0 aliphatic carbocycles. The second-order valence-corrected chi connectivity index (χ2v) is 4.83. The Morgan fingerprint density at radius 2 is 2.15 bits per heavy atom. The number of rotatable bonds is 5. The number of aliphatic carboxylic acids is 1. The van der Waals surface area contributed by atoms with Crippen LogP contribution in [0.1, 0.15) is 6.92 Å². The highest BCUT2D eigenvalue weighted by atomic mass is 35.5. The number of benzene rings is 1. The molecule has 110 valence electrons. The van der Waals surface area contributed by atoms with Crippen LogP contribution in [0.25, 0.3) is 0 Å². The number of carboxylic acid groups (broad SMARTS) is 1. The molecule has 0 saturated heterocycles. The first-order chi connectivity index (χ1) is 9.35. The van der Waals surface area contributed by atoms with Crippen molar-refractivity contribution in [3.63, 3.8) is 0 Å². The normalized spacial score (nSPS) is 11.6. The van der Waals surface area contributed by atoms with Crippen LogP contribution in [0.4, 0.5) is 10.5 Å². The largest absolute Gasteiger partial charge is 0.495 e. The van der Waals surface area contributed by atoms with Gasteiger partial charge in [0, 0.05) is 18.6 Å². The SMILES string of the molecule is COc1ccc(Cl)cc1NC(=O)N(C)CC(C)C(=O)O. The fraction of sp³-hybridized carbons (Fsp3) is 0.385. The van der Waals surface area contributed by atoms with Crippen LogP contribution in [0, 0.1) is 5.92 Å². The first-order valence-electron chi connectivity index (χ1n) is 5.93. The molecule has 1 aromatic carbocycles. The number of methoxy groups -OCH3 is 1. The van der Waals surface area contributed by atoms with E-state index in [1.807, 2.05) is 0 Å². The summed E-state index contributed by atoms with van der Waals surface area (Å²) in [7, 11) is 3.00. The van der Waals surface area contributed by atoms with Crippen molar-refractivity contribution in [1.82, 2.24) is 4.90 Å². The molecule has 6 nitrogen and oxygen atoms in total. The Hall–Kier alpha value is -1.95. The monoisotopic (exact) mass is 300 g/mol. The summed E-state index contributed by atoms with van der Waals surface area (Å²) in [5.74, 6) is -1.13. The third-order valence-electron chi connectivity index (χ3n) is 2.72. The van der Waals surface area contributed by atoms with Crippen molar-refractivity contribution in [3.8, 4) is 5.75 Å². The van der Waals surface area contributed by atoms with Gasteiger partial charge in [0.05, 0.1) is 18.7 Å². The Kier molecular flexibility index (Phi) is 5.64. The molecule has 0 aromatic heterocycles. The van der Waals surface area contributed by atoms with E-state index in [2.05, 4.69) is 5.32 Å². The molecule has 20 heavy (non-hydrogen) atoms. The zero-order valence-electron chi connectivity index (χ0n) is 11.5. The number of nitrogens with one attached hydrogen (secondary N) is 1. The lowest BCUT2D eigenvalue weighted by Crippen LogP contribution is -2.36. The van der Waals surface area contributed by atoms with Gasteiger partial charge in [0.25, 0.3) is 0 Å². The van der Waals surface area contributed by atoms with Crippen LogP contribution in [0.5, 0.6) is 5.75 Å². The molecule has 7 heteroatoms. The molecule has 2 N–H and O–H groups in total. The number of hydrogen-bond donors (Lipinski definition) is 2. The van der Waals surface area contributed by atoms with Crippen molar-refractivity contribution in [2.24, 2.45) is 5.92 Å². The van der Waals surface area contributed by atoms with Gasteiger partial charge < -0.3 is 20.1 Å². The van der Waals surface area contributed by atoms with E-state index < -0.39 is 17.9 Å². The van der Waals surface area contributed by atoms with Crippen LogP contribution in [-0.2, 0) is 4.79 Å². The summed E-state index contributed by atoms with van der Waals surface area (Å²) >= 11 is 5.86. The maximum atomic E-state index is 12.0. The maximum absolute atomic E-state index is 12.0. The van der Waals surface area contributed by atoms with Gasteiger partial charge in [0.2, 0.25) is 0 Å². The number of carboxylic acids is 1. The van der Waals surface area contributed by atoms with Crippen LogP contribution in [0.3, 0.4) is 0 Å². The van der Waals surface area contributed by atoms with Gasteiger partial charge in [-0.1, -0.05) is 18.5 Å². The molecule has 2 amide bonds. The number of nitrogens with zero attached hydrogens (tertiary/aromatic N) is 1. The minimum absolute atomic E-state index is 0.101. The summed E-state index contributed by atoms with van der Waals surface area (Å²) in [5, 5.41) is 11.9. The molecule has 0 aliphatic heterocycles. The number of anilines is 1. The van der Waals surface area contributed by atoms with Gasteiger partial charge in [-0.3, -0.25) is 4.79 Å². The molecule has 0 bridgehead atoms. The highest BCUT2D eigenvalue weighted by Crippen LogP contribution is 2.27. The molecular weight excluding hydrogens is 284 g/mol. The van der Waals surface area contributed by atoms with Gasteiger partial charge in [0.1, 0.15) is 5.75 Å². The van der Waals surface area contributed by atoms with Crippen LogP contribution < -0.4 is 10.1 Å². The van der Waals surface area contributed by atoms with E-state index in [-0.39, 0.29) is 6.54 Å². The predicted octanol–water partition coefficient (Wildman–Crippen LogP) is 2.53. The number of carbonyl (C=O) groups is 2. The molecule has 1 aromatic rings. The summed E-state index contributed by atoms with van der Waals surface area (Å²) in [6.45, 7) is 1.64. The quantitative estimate of drug-likeness (QED) is 0.876. The number of halogens is 1. The molecule has 0 heterocycles. The Balaban J connectivity index is 2.75. The van der Waals surface area contributed by atoms with E-state index in [0.717, 1.165) is 0 Å². The summed E-state index contributed by atoms with van der Waals surface area (Å²) in [6, 6.07) is 4.41. The minimum atomic E-state index is -0.954. The van der Waals surface area contributed by atoms with Crippen molar-refractivity contribution in [2.45, 2.75) is 6.92 Å². The van der Waals surface area contributed by atoms with Gasteiger partial charge in [0.15, 0.2) is 0 Å². The zero-order valence-corrected chi connectivity index (χ0v) is 12.3. The predicted molar refractivity (Wildman–Crippen MR) is 76.5 cm³/mol. The Morgan fingerprint density at radius 1 is 1.50 bits per heavy atom. The molecule has 1 unspecified atom stereocenters. The second-order valence-electron chi connectivity index (χ2n) is 4.39. The molecule has 1 rings (SSSR count). The fourth-order valence-electron chi connectivity index (χ4n) is 1.56. The zero-order chi connectivity index (χ0) is 15.3. The van der Waals surface area contributed by atoms with Gasteiger partial charge >= 0.3 is 12.0 Å². The summed E-state index contributed by atoms with van der Waals surface area (Å²) in [5.41, 5.74) is 0.430. The molecule has 0 spiro atoms. The van der Waals surface area contributed by atoms with Gasteiger partial charge in [-0.25, -0.2) is 4.79 Å². The number of carbonyl (C=O) groups excluding carboxylic acids is 1. The average molecular weight is 301 g/mol. The lowest BCUT2D eigenvalue weighted by Gasteiger charge is -2.20. The van der Waals surface area contributed by atoms with E-state index in [0.29, 0.717) is 16.5 Å². The van der Waals surface area contributed by atoms with Gasteiger partial charge in [-0.2, -0.15) is 0 Å². The Labute approximate surface area is 122 Å². The van der Waals surface area contributed by atoms with Crippen LogP contribution in [0.15, 0.2) is 18.2 Å². The van der Waals surface area contributed by atoms with E-state index in [9.17, 15) is 9.59 Å². The highest BCUT2D eigenvalue weighted by molar-refractivity contribution is 6.31. The summed E-state index contributed by atoms with van der Waals surface area (Å²) < 4.78 is 5.11. The number of amides is 2. The topological polar surface area (TPSA) is 78.9 Å². The van der Waals surface area contributed by atoms with Crippen molar-refractivity contribution < 1.29 is 19.4 Å². The molecule has 0 fully saturated rings. The third kappa shape index (κ3) is 4.31. The molecule has 1 atom stereocenters. The number of ether oxygens (including phenoxy) is 1. The van der Waals surface area contributed by atoms with Crippen molar-refractivity contribution in [3.05, 3.63) is 23.2 Å². The first kappa shape index (κ1) is 16.1. The van der Waals surface area contributed by atoms with E-state index in [4.69, 9.17) is 21.4 Å². The first-order valence-corrected chi connectivity index (χ1v) is 6.31. The van der Waals surface area contributed by atoms with Crippen molar-refractivity contribution in [2.75, 3.05) is 26.0 Å². The minimum Gasteiger partial charge on any atom is -0.495 e. The molecule has 0 saturated carbocycles. The number of hydrogen-bond acceptors (Lipinski definition) is 3. The molecule has 0 aliphatic rings. The third-order valence-corrected chi connectivity index (χ3v) is 2.95. The Morgan fingerprint density at radius 3 is 2.70 bits per heavy atom. The van der Waals surface area contributed by atoms with Crippen molar-refractivity contribution >= 4 is 29.3 Å². The highest BCUT2D eigenvalue weighted by Gasteiger charge is 2.18. The van der Waals surface area contributed by atoms with Gasteiger partial charge in [-0.15, -0.1) is 0 Å². The summed E-state index contributed by atoms with van der Waals surface area (Å²) in [4.78, 5) is 24.0. The van der Waals surface area contributed by atoms with Gasteiger partial charge in [-0.05, 0) is 18.2 Å². The van der Waals surface area contributed by atoms with Crippen LogP contribution in [0.2, 0.25) is 5.02 Å². The Bertz CT molecular complexity index is 507. The summed E-state index contributed by atoms with van der Waals surface area (Å²) in [6.07, 6.45) is 0. The molecular formula is C13H17ClN2O4. The maximum Gasteiger partial charge on any atom is 0.321 e. The second kappa shape index (κ2) is 7.00. The van der Waals surface area contributed by atoms with Crippen LogP contribution >= 0.6 is 11.6 Å².